The number of hydrogen-bond acceptors (Lipinski definition) is 2. The fourth-order valence-corrected chi connectivity index (χ4v) is 2.09. The molecule has 1 unspecified atom stereocenters. The van der Waals surface area contributed by atoms with Gasteiger partial charge in [0.25, 0.3) is 5.91 Å². The van der Waals surface area contributed by atoms with Crippen LogP contribution in [0, 0.1) is 0 Å². The number of hydrogen-bond donors (Lipinski definition) is 2. The topological polar surface area (TPSA) is 62.0 Å². The fourth-order valence-electron chi connectivity index (χ4n) is 1.90. The third-order valence-electron chi connectivity index (χ3n) is 2.92. The molecule has 1 amide bonds. The Morgan fingerprint density at radius 1 is 1.25 bits per heavy atom. The molecule has 0 aliphatic rings. The van der Waals surface area contributed by atoms with Crippen molar-refractivity contribution in [3.63, 3.8) is 0 Å². The predicted molar refractivity (Wildman–Crippen MR) is 79.2 cm³/mol. The Balaban J connectivity index is 2.05. The van der Waals surface area contributed by atoms with Crippen LogP contribution >= 0.6 is 11.6 Å². The smallest absolute Gasteiger partial charge is 0.257 e. The van der Waals surface area contributed by atoms with Crippen molar-refractivity contribution < 1.29 is 4.79 Å². The zero-order valence-corrected chi connectivity index (χ0v) is 11.6. The molecular weight excluding hydrogens is 276 g/mol. The zero-order chi connectivity index (χ0) is 14.4. The van der Waals surface area contributed by atoms with Gasteiger partial charge in [0, 0.05) is 30.4 Å². The molecule has 5 heteroatoms. The van der Waals surface area contributed by atoms with Crippen LogP contribution in [-0.4, -0.2) is 22.8 Å². The number of rotatable bonds is 5. The first-order valence-corrected chi connectivity index (χ1v) is 6.82. The molecule has 0 aliphatic heterocycles. The minimum atomic E-state index is -0.409. The Bertz CT molecular complexity index is 625. The van der Waals surface area contributed by atoms with Crippen molar-refractivity contribution in [1.82, 2.24) is 10.3 Å². The summed E-state index contributed by atoms with van der Waals surface area (Å²) in [6.45, 7) is 0. The summed E-state index contributed by atoms with van der Waals surface area (Å²) in [4.78, 5) is 26.3. The summed E-state index contributed by atoms with van der Waals surface area (Å²) in [6.07, 6.45) is 3.51. The van der Waals surface area contributed by atoms with Gasteiger partial charge in [0.15, 0.2) is 5.43 Å². The molecule has 20 heavy (non-hydrogen) atoms. The summed E-state index contributed by atoms with van der Waals surface area (Å²) in [7, 11) is 0. The van der Waals surface area contributed by atoms with E-state index in [1.54, 1.807) is 0 Å². The summed E-state index contributed by atoms with van der Waals surface area (Å²) >= 11 is 5.89. The lowest BCUT2D eigenvalue weighted by molar-refractivity contribution is 0.0939. The highest BCUT2D eigenvalue weighted by Crippen LogP contribution is 2.05. The van der Waals surface area contributed by atoms with E-state index in [2.05, 4.69) is 10.3 Å². The number of benzene rings is 1. The van der Waals surface area contributed by atoms with Crippen molar-refractivity contribution in [3.05, 3.63) is 70.1 Å². The van der Waals surface area contributed by atoms with Crippen LogP contribution in [0.3, 0.4) is 0 Å². The van der Waals surface area contributed by atoms with Crippen LogP contribution in [0.2, 0.25) is 0 Å². The van der Waals surface area contributed by atoms with Gasteiger partial charge in [-0.15, -0.1) is 11.6 Å². The van der Waals surface area contributed by atoms with E-state index in [0.29, 0.717) is 6.42 Å². The summed E-state index contributed by atoms with van der Waals surface area (Å²) in [5, 5.41) is 2.78. The van der Waals surface area contributed by atoms with Gasteiger partial charge >= 0.3 is 0 Å². The summed E-state index contributed by atoms with van der Waals surface area (Å²) in [5.74, 6) is -0.126. The number of carbonyl (C=O) groups is 1. The highest BCUT2D eigenvalue weighted by atomic mass is 35.5. The number of aromatic nitrogens is 1. The molecule has 2 rings (SSSR count). The molecule has 1 aromatic heterocycles. The van der Waals surface area contributed by atoms with Crippen molar-refractivity contribution in [1.29, 1.82) is 0 Å². The van der Waals surface area contributed by atoms with Crippen LogP contribution < -0.4 is 10.7 Å². The maximum absolute atomic E-state index is 12.0. The third kappa shape index (κ3) is 3.71. The van der Waals surface area contributed by atoms with Gasteiger partial charge in [0.1, 0.15) is 5.56 Å². The van der Waals surface area contributed by atoms with Gasteiger partial charge in [-0.2, -0.15) is 0 Å². The van der Waals surface area contributed by atoms with E-state index >= 15 is 0 Å². The highest BCUT2D eigenvalue weighted by molar-refractivity contribution is 6.18. The average molecular weight is 291 g/mol. The molecule has 4 nitrogen and oxygen atoms in total. The lowest BCUT2D eigenvalue weighted by atomic mass is 10.1. The molecule has 0 radical (unpaired) electrons. The van der Waals surface area contributed by atoms with Crippen molar-refractivity contribution in [2.24, 2.45) is 0 Å². The van der Waals surface area contributed by atoms with Gasteiger partial charge in [-0.25, -0.2) is 0 Å². The normalized spacial score (nSPS) is 11.8. The Morgan fingerprint density at radius 2 is 2.00 bits per heavy atom. The van der Waals surface area contributed by atoms with Crippen LogP contribution in [0.5, 0.6) is 0 Å². The van der Waals surface area contributed by atoms with Crippen LogP contribution in [0.1, 0.15) is 15.9 Å². The van der Waals surface area contributed by atoms with Crippen LogP contribution in [0.4, 0.5) is 0 Å². The number of amides is 1. The second-order valence-electron chi connectivity index (χ2n) is 4.44. The number of aromatic amines is 1. The Morgan fingerprint density at radius 3 is 2.65 bits per heavy atom. The van der Waals surface area contributed by atoms with E-state index in [-0.39, 0.29) is 22.9 Å². The fraction of sp³-hybridized carbons (Fsp3) is 0.200. The van der Waals surface area contributed by atoms with Crippen molar-refractivity contribution in [3.8, 4) is 0 Å². The molecule has 0 bridgehead atoms. The predicted octanol–water partition coefficient (Wildman–Crippen LogP) is 1.95. The van der Waals surface area contributed by atoms with Gasteiger partial charge in [-0.05, 0) is 12.0 Å². The monoisotopic (exact) mass is 290 g/mol. The average Bonchev–Trinajstić information content (AvgIpc) is 2.48. The molecule has 0 saturated heterocycles. The van der Waals surface area contributed by atoms with Crippen LogP contribution in [0.25, 0.3) is 0 Å². The quantitative estimate of drug-likeness (QED) is 0.827. The minimum absolute atomic E-state index is 0.0932. The molecule has 0 spiro atoms. The standard InChI is InChI=1S/C15H15ClN2O2/c16-9-12(8-11-4-2-1-3-5-11)18-15(20)13-10-17-7-6-14(13)19/h1-7,10,12H,8-9H2,(H,17,19)(H,18,20). The van der Waals surface area contributed by atoms with Gasteiger partial charge in [0.05, 0.1) is 0 Å². The first kappa shape index (κ1) is 14.3. The lowest BCUT2D eigenvalue weighted by Crippen LogP contribution is -2.39. The van der Waals surface area contributed by atoms with Crippen molar-refractivity contribution in [2.45, 2.75) is 12.5 Å². The van der Waals surface area contributed by atoms with Crippen LogP contribution in [0.15, 0.2) is 53.6 Å². The van der Waals surface area contributed by atoms with Crippen LogP contribution in [-0.2, 0) is 6.42 Å². The molecule has 2 aromatic rings. The molecule has 1 aromatic carbocycles. The second-order valence-corrected chi connectivity index (χ2v) is 4.75. The number of carbonyl (C=O) groups excluding carboxylic acids is 1. The van der Waals surface area contributed by atoms with E-state index in [1.807, 2.05) is 30.3 Å². The number of halogens is 1. The first-order chi connectivity index (χ1) is 9.70. The zero-order valence-electron chi connectivity index (χ0n) is 10.8. The van der Waals surface area contributed by atoms with Crippen molar-refractivity contribution >= 4 is 17.5 Å². The number of nitrogens with one attached hydrogen (secondary N) is 2. The summed E-state index contributed by atoms with van der Waals surface area (Å²) < 4.78 is 0. The van der Waals surface area contributed by atoms with E-state index in [0.717, 1.165) is 5.56 Å². The largest absolute Gasteiger partial charge is 0.367 e. The Kier molecular flexibility index (Phi) is 4.96. The van der Waals surface area contributed by atoms with Gasteiger partial charge < -0.3 is 10.3 Å². The molecule has 1 atom stereocenters. The summed E-state index contributed by atoms with van der Waals surface area (Å²) in [6, 6.07) is 10.9. The molecule has 0 aliphatic carbocycles. The van der Waals surface area contributed by atoms with Gasteiger partial charge in [-0.3, -0.25) is 9.59 Å². The molecule has 1 heterocycles. The molecule has 0 fully saturated rings. The number of alkyl halides is 1. The van der Waals surface area contributed by atoms with Gasteiger partial charge in [0.2, 0.25) is 0 Å². The van der Waals surface area contributed by atoms with Gasteiger partial charge in [-0.1, -0.05) is 30.3 Å². The highest BCUT2D eigenvalue weighted by Gasteiger charge is 2.15. The Hall–Kier alpha value is -2.07. The van der Waals surface area contributed by atoms with E-state index in [1.165, 1.54) is 18.5 Å². The van der Waals surface area contributed by atoms with E-state index in [9.17, 15) is 9.59 Å². The molecule has 2 N–H and O–H groups in total. The SMILES string of the molecule is O=C(NC(CCl)Cc1ccccc1)c1c[nH]ccc1=O. The lowest BCUT2D eigenvalue weighted by Gasteiger charge is -2.16. The molecule has 104 valence electrons. The first-order valence-electron chi connectivity index (χ1n) is 6.28. The number of pyridine rings is 1. The maximum atomic E-state index is 12.0. The minimum Gasteiger partial charge on any atom is -0.367 e. The van der Waals surface area contributed by atoms with Crippen molar-refractivity contribution in [2.75, 3.05) is 5.88 Å². The Labute approximate surface area is 121 Å². The number of H-pyrrole nitrogens is 1. The molecule has 0 saturated carbocycles. The van der Waals surface area contributed by atoms with E-state index in [4.69, 9.17) is 11.6 Å². The molecular formula is C15H15ClN2O2. The third-order valence-corrected chi connectivity index (χ3v) is 3.29. The maximum Gasteiger partial charge on any atom is 0.257 e. The summed E-state index contributed by atoms with van der Waals surface area (Å²) in [5.41, 5.74) is 0.866. The van der Waals surface area contributed by atoms with E-state index < -0.39 is 5.91 Å². The second kappa shape index (κ2) is 6.91.